The monoisotopic (exact) mass is 338 g/mol. The number of carbonyl (C=O) groups is 1. The minimum atomic E-state index is -0.442. The molecule has 0 unspecified atom stereocenters. The van der Waals surface area contributed by atoms with Crippen LogP contribution in [0.2, 0.25) is 0 Å². The number of benzene rings is 2. The van der Waals surface area contributed by atoms with E-state index in [1.54, 1.807) is 35.6 Å². The van der Waals surface area contributed by atoms with Gasteiger partial charge in [0.25, 0.3) is 0 Å². The first kappa shape index (κ1) is 15.9. The number of hydrogen-bond acceptors (Lipinski definition) is 5. The Morgan fingerprint density at radius 1 is 1.04 bits per heavy atom. The van der Waals surface area contributed by atoms with E-state index in [9.17, 15) is 4.79 Å². The van der Waals surface area contributed by atoms with Crippen molar-refractivity contribution in [3.8, 4) is 11.1 Å². The second kappa shape index (κ2) is 6.64. The Labute approximate surface area is 144 Å². The number of nitrogens with one attached hydrogen (secondary N) is 1. The maximum absolute atomic E-state index is 11.3. The van der Waals surface area contributed by atoms with Crippen LogP contribution in [0.3, 0.4) is 0 Å². The molecule has 0 atom stereocenters. The number of carbonyl (C=O) groups excluding carboxylic acids is 1. The van der Waals surface area contributed by atoms with Gasteiger partial charge in [-0.3, -0.25) is 4.79 Å². The first-order chi connectivity index (χ1) is 11.5. The molecule has 5 nitrogen and oxygen atoms in total. The van der Waals surface area contributed by atoms with E-state index in [2.05, 4.69) is 16.1 Å². The fourth-order valence-electron chi connectivity index (χ4n) is 2.48. The minimum absolute atomic E-state index is 0.442. The molecule has 2 aromatic carbocycles. The molecule has 1 amide bonds. The summed E-state index contributed by atoms with van der Waals surface area (Å²) in [7, 11) is 0. The molecule has 24 heavy (non-hydrogen) atoms. The van der Waals surface area contributed by atoms with Crippen molar-refractivity contribution in [3.05, 3.63) is 64.4 Å². The van der Waals surface area contributed by atoms with Crippen LogP contribution in [0, 0.1) is 0 Å². The number of thiophene rings is 1. The summed E-state index contributed by atoms with van der Waals surface area (Å²) in [5, 5.41) is 7.44. The fourth-order valence-corrected chi connectivity index (χ4v) is 3.34. The topological polar surface area (TPSA) is 107 Å². The zero-order valence-corrected chi connectivity index (χ0v) is 13.8. The molecule has 0 aliphatic carbocycles. The largest absolute Gasteiger partial charge is 0.399 e. The van der Waals surface area contributed by atoms with Crippen molar-refractivity contribution in [1.82, 2.24) is 0 Å². The molecule has 122 valence electrons. The van der Waals surface area contributed by atoms with Gasteiger partial charge in [0, 0.05) is 34.7 Å². The van der Waals surface area contributed by atoms with E-state index in [1.165, 1.54) is 0 Å². The SMILES string of the molecule is NC(=O)c1cccc(NCc2cscc2-c2cc(N)ccc2N)c1. The molecule has 0 aliphatic rings. The first-order valence-corrected chi connectivity index (χ1v) is 8.33. The van der Waals surface area contributed by atoms with E-state index in [0.29, 0.717) is 23.5 Å². The summed E-state index contributed by atoms with van der Waals surface area (Å²) < 4.78 is 0. The maximum Gasteiger partial charge on any atom is 0.248 e. The molecule has 6 heteroatoms. The van der Waals surface area contributed by atoms with Gasteiger partial charge < -0.3 is 22.5 Å². The van der Waals surface area contributed by atoms with Gasteiger partial charge in [-0.2, -0.15) is 11.3 Å². The van der Waals surface area contributed by atoms with E-state index in [1.807, 2.05) is 18.2 Å². The van der Waals surface area contributed by atoms with E-state index in [4.69, 9.17) is 17.2 Å². The van der Waals surface area contributed by atoms with E-state index < -0.39 is 5.91 Å². The van der Waals surface area contributed by atoms with Crippen LogP contribution in [0.5, 0.6) is 0 Å². The number of nitrogens with two attached hydrogens (primary N) is 3. The molecule has 1 heterocycles. The molecular formula is C18H18N4OS. The lowest BCUT2D eigenvalue weighted by Crippen LogP contribution is -2.11. The third kappa shape index (κ3) is 3.33. The molecule has 0 saturated carbocycles. The second-order valence-corrected chi connectivity index (χ2v) is 6.20. The van der Waals surface area contributed by atoms with Gasteiger partial charge in [0.15, 0.2) is 0 Å². The molecule has 7 N–H and O–H groups in total. The molecule has 0 fully saturated rings. The third-order valence-electron chi connectivity index (χ3n) is 3.74. The minimum Gasteiger partial charge on any atom is -0.399 e. The lowest BCUT2D eigenvalue weighted by Gasteiger charge is -2.11. The van der Waals surface area contributed by atoms with Gasteiger partial charge in [-0.15, -0.1) is 0 Å². The average Bonchev–Trinajstić information content (AvgIpc) is 3.03. The predicted molar refractivity (Wildman–Crippen MR) is 101 cm³/mol. The van der Waals surface area contributed by atoms with Crippen molar-refractivity contribution < 1.29 is 4.79 Å². The van der Waals surface area contributed by atoms with Crippen molar-refractivity contribution in [2.75, 3.05) is 16.8 Å². The smallest absolute Gasteiger partial charge is 0.248 e. The van der Waals surface area contributed by atoms with Gasteiger partial charge in [0.05, 0.1) is 0 Å². The molecule has 3 rings (SSSR count). The predicted octanol–water partition coefficient (Wildman–Crippen LogP) is 3.29. The number of rotatable bonds is 5. The summed E-state index contributed by atoms with van der Waals surface area (Å²) in [6.45, 7) is 0.606. The Balaban J connectivity index is 1.83. The van der Waals surface area contributed by atoms with Crippen LogP contribution in [0.25, 0.3) is 11.1 Å². The average molecular weight is 338 g/mol. The van der Waals surface area contributed by atoms with Crippen LogP contribution in [0.1, 0.15) is 15.9 Å². The molecule has 3 aromatic rings. The van der Waals surface area contributed by atoms with Gasteiger partial charge in [0.2, 0.25) is 5.91 Å². The quantitative estimate of drug-likeness (QED) is 0.535. The molecule has 1 aromatic heterocycles. The van der Waals surface area contributed by atoms with Crippen molar-refractivity contribution in [1.29, 1.82) is 0 Å². The Hall–Kier alpha value is -2.99. The van der Waals surface area contributed by atoms with E-state index in [0.717, 1.165) is 22.4 Å². The van der Waals surface area contributed by atoms with E-state index in [-0.39, 0.29) is 0 Å². The van der Waals surface area contributed by atoms with Crippen molar-refractivity contribution >= 4 is 34.3 Å². The molecule has 0 aliphatic heterocycles. The normalized spacial score (nSPS) is 10.5. The molecule has 0 radical (unpaired) electrons. The maximum atomic E-state index is 11.3. The summed E-state index contributed by atoms with van der Waals surface area (Å²) in [6, 6.07) is 12.6. The highest BCUT2D eigenvalue weighted by atomic mass is 32.1. The van der Waals surface area contributed by atoms with Gasteiger partial charge in [-0.1, -0.05) is 6.07 Å². The Morgan fingerprint density at radius 2 is 1.88 bits per heavy atom. The highest BCUT2D eigenvalue weighted by Gasteiger charge is 2.10. The summed E-state index contributed by atoms with van der Waals surface area (Å²) in [5.74, 6) is -0.442. The van der Waals surface area contributed by atoms with Crippen LogP contribution in [-0.2, 0) is 6.54 Å². The zero-order valence-electron chi connectivity index (χ0n) is 13.0. The van der Waals surface area contributed by atoms with E-state index >= 15 is 0 Å². The highest BCUT2D eigenvalue weighted by molar-refractivity contribution is 7.08. The second-order valence-electron chi connectivity index (χ2n) is 5.46. The third-order valence-corrected chi connectivity index (χ3v) is 4.53. The summed E-state index contributed by atoms with van der Waals surface area (Å²) in [6.07, 6.45) is 0. The zero-order chi connectivity index (χ0) is 17.1. The van der Waals surface area contributed by atoms with Crippen LogP contribution in [-0.4, -0.2) is 5.91 Å². The van der Waals surface area contributed by atoms with Gasteiger partial charge in [-0.05, 0) is 58.3 Å². The molecule has 0 bridgehead atoms. The standard InChI is InChI=1S/C18H18N4OS/c19-13-4-5-17(20)15(7-13)16-10-24-9-12(16)8-22-14-3-1-2-11(6-14)18(21)23/h1-7,9-10,22H,8,19-20H2,(H2,21,23). The van der Waals surface area contributed by atoms with Crippen molar-refractivity contribution in [2.45, 2.75) is 6.54 Å². The summed E-state index contributed by atoms with van der Waals surface area (Å²) in [4.78, 5) is 11.3. The van der Waals surface area contributed by atoms with Crippen LogP contribution in [0.4, 0.5) is 17.1 Å². The molecular weight excluding hydrogens is 320 g/mol. The first-order valence-electron chi connectivity index (χ1n) is 7.39. The number of amides is 1. The van der Waals surface area contributed by atoms with Gasteiger partial charge >= 0.3 is 0 Å². The number of anilines is 3. The van der Waals surface area contributed by atoms with Crippen LogP contribution in [0.15, 0.2) is 53.2 Å². The number of nitrogen functional groups attached to an aromatic ring is 2. The number of hydrogen-bond donors (Lipinski definition) is 4. The van der Waals surface area contributed by atoms with Crippen molar-refractivity contribution in [2.24, 2.45) is 5.73 Å². The van der Waals surface area contributed by atoms with Crippen molar-refractivity contribution in [3.63, 3.8) is 0 Å². The lowest BCUT2D eigenvalue weighted by molar-refractivity contribution is 0.100. The van der Waals surface area contributed by atoms with Gasteiger partial charge in [0.1, 0.15) is 0 Å². The van der Waals surface area contributed by atoms with Crippen LogP contribution < -0.4 is 22.5 Å². The van der Waals surface area contributed by atoms with Crippen LogP contribution >= 0.6 is 11.3 Å². The Morgan fingerprint density at radius 3 is 2.67 bits per heavy atom. The Bertz CT molecular complexity index is 888. The highest BCUT2D eigenvalue weighted by Crippen LogP contribution is 2.33. The number of primary amides is 1. The summed E-state index contributed by atoms with van der Waals surface area (Å²) >= 11 is 1.61. The molecule has 0 saturated heterocycles. The molecule has 0 spiro atoms. The Kier molecular flexibility index (Phi) is 4.39. The summed E-state index contributed by atoms with van der Waals surface area (Å²) in [5.41, 5.74) is 23.1. The lowest BCUT2D eigenvalue weighted by atomic mass is 10.0. The van der Waals surface area contributed by atoms with Gasteiger partial charge in [-0.25, -0.2) is 0 Å². The fraction of sp³-hybridized carbons (Fsp3) is 0.0556.